The van der Waals surface area contributed by atoms with Crippen LogP contribution < -0.4 is 10.6 Å². The van der Waals surface area contributed by atoms with Crippen molar-refractivity contribution in [1.29, 1.82) is 0 Å². The Morgan fingerprint density at radius 3 is 3.20 bits per heavy atom. The summed E-state index contributed by atoms with van der Waals surface area (Å²) in [5.41, 5.74) is 0. The molecule has 1 heterocycles. The highest BCUT2D eigenvalue weighted by molar-refractivity contribution is 8.02. The Labute approximate surface area is 67.1 Å². The zero-order valence-corrected chi connectivity index (χ0v) is 7.26. The molecule has 2 N–H and O–H groups in total. The molecule has 0 aromatic carbocycles. The SMILES string of the molecule is CCCN[C]1CNCCS1. The lowest BCUT2D eigenvalue weighted by Gasteiger charge is -2.21. The highest BCUT2D eigenvalue weighted by atomic mass is 32.2. The minimum absolute atomic E-state index is 1.05. The van der Waals surface area contributed by atoms with E-state index in [2.05, 4.69) is 17.6 Å². The summed E-state index contributed by atoms with van der Waals surface area (Å²) in [4.78, 5) is 0. The summed E-state index contributed by atoms with van der Waals surface area (Å²) < 4.78 is 0. The van der Waals surface area contributed by atoms with E-state index >= 15 is 0 Å². The van der Waals surface area contributed by atoms with Crippen LogP contribution in [0.3, 0.4) is 0 Å². The maximum Gasteiger partial charge on any atom is 0.106 e. The Morgan fingerprint density at radius 1 is 1.70 bits per heavy atom. The molecule has 1 fully saturated rings. The molecule has 0 atom stereocenters. The second-order valence-electron chi connectivity index (χ2n) is 2.38. The van der Waals surface area contributed by atoms with E-state index in [4.69, 9.17) is 0 Å². The average Bonchev–Trinajstić information content (AvgIpc) is 2.03. The summed E-state index contributed by atoms with van der Waals surface area (Å²) in [6.07, 6.45) is 1.21. The van der Waals surface area contributed by atoms with Crippen LogP contribution in [0.5, 0.6) is 0 Å². The van der Waals surface area contributed by atoms with Crippen molar-refractivity contribution in [2.75, 3.05) is 25.4 Å². The van der Waals surface area contributed by atoms with Crippen LogP contribution in [-0.2, 0) is 0 Å². The number of hydrogen-bond donors (Lipinski definition) is 2. The zero-order chi connectivity index (χ0) is 7.23. The number of thioether (sulfide) groups is 1. The van der Waals surface area contributed by atoms with Gasteiger partial charge in [-0.2, -0.15) is 0 Å². The second kappa shape index (κ2) is 4.99. The topological polar surface area (TPSA) is 24.1 Å². The van der Waals surface area contributed by atoms with Crippen molar-refractivity contribution in [3.8, 4) is 0 Å². The van der Waals surface area contributed by atoms with Gasteiger partial charge in [0.15, 0.2) is 0 Å². The van der Waals surface area contributed by atoms with E-state index in [9.17, 15) is 0 Å². The largest absolute Gasteiger partial charge is 0.313 e. The third-order valence-corrected chi connectivity index (χ3v) is 2.46. The lowest BCUT2D eigenvalue weighted by molar-refractivity contribution is 0.654. The quantitative estimate of drug-likeness (QED) is 0.637. The van der Waals surface area contributed by atoms with Crippen molar-refractivity contribution in [2.45, 2.75) is 13.3 Å². The van der Waals surface area contributed by atoms with Crippen LogP contribution in [0.4, 0.5) is 0 Å². The molecular weight excluding hydrogens is 144 g/mol. The van der Waals surface area contributed by atoms with Gasteiger partial charge in [-0.1, -0.05) is 6.92 Å². The van der Waals surface area contributed by atoms with Gasteiger partial charge in [0.25, 0.3) is 0 Å². The maximum absolute atomic E-state index is 3.39. The Morgan fingerprint density at radius 2 is 2.60 bits per heavy atom. The van der Waals surface area contributed by atoms with E-state index in [1.807, 2.05) is 11.8 Å². The van der Waals surface area contributed by atoms with E-state index in [0.29, 0.717) is 0 Å². The molecule has 1 saturated heterocycles. The van der Waals surface area contributed by atoms with Gasteiger partial charge in [0.1, 0.15) is 5.37 Å². The summed E-state index contributed by atoms with van der Waals surface area (Å²) in [6, 6.07) is 0. The molecule has 0 aromatic heterocycles. The van der Waals surface area contributed by atoms with Crippen LogP contribution in [0.25, 0.3) is 0 Å². The summed E-state index contributed by atoms with van der Waals surface area (Å²) in [7, 11) is 0. The van der Waals surface area contributed by atoms with Crippen molar-refractivity contribution in [3.63, 3.8) is 0 Å². The smallest absolute Gasteiger partial charge is 0.106 e. The van der Waals surface area contributed by atoms with E-state index in [1.54, 1.807) is 0 Å². The van der Waals surface area contributed by atoms with E-state index in [0.717, 1.165) is 19.6 Å². The van der Waals surface area contributed by atoms with Gasteiger partial charge in [-0.3, -0.25) is 5.32 Å². The molecule has 59 valence electrons. The maximum atomic E-state index is 3.39. The third-order valence-electron chi connectivity index (χ3n) is 1.41. The first-order valence-corrected chi connectivity index (χ1v) is 4.85. The van der Waals surface area contributed by atoms with Crippen molar-refractivity contribution in [1.82, 2.24) is 10.6 Å². The molecule has 0 bridgehead atoms. The number of rotatable bonds is 3. The van der Waals surface area contributed by atoms with Crippen LogP contribution in [0.15, 0.2) is 0 Å². The minimum atomic E-state index is 1.05. The molecule has 10 heavy (non-hydrogen) atoms. The van der Waals surface area contributed by atoms with Crippen LogP contribution in [0, 0.1) is 5.37 Å². The summed E-state index contributed by atoms with van der Waals surface area (Å²) in [5.74, 6) is 1.21. The predicted octanol–water partition coefficient (Wildman–Crippen LogP) is 0.812. The van der Waals surface area contributed by atoms with E-state index in [-0.39, 0.29) is 0 Å². The van der Waals surface area contributed by atoms with Crippen molar-refractivity contribution >= 4 is 11.8 Å². The molecule has 3 heteroatoms. The lowest BCUT2D eigenvalue weighted by Crippen LogP contribution is -2.35. The van der Waals surface area contributed by atoms with Crippen LogP contribution in [0.1, 0.15) is 13.3 Å². The predicted molar refractivity (Wildman–Crippen MR) is 46.9 cm³/mol. The number of nitrogens with one attached hydrogen (secondary N) is 2. The molecule has 1 aliphatic rings. The van der Waals surface area contributed by atoms with Crippen LogP contribution >= 0.6 is 11.8 Å². The first kappa shape index (κ1) is 8.37. The van der Waals surface area contributed by atoms with Gasteiger partial charge >= 0.3 is 0 Å². The van der Waals surface area contributed by atoms with Crippen molar-refractivity contribution in [3.05, 3.63) is 5.37 Å². The molecule has 0 spiro atoms. The third kappa shape index (κ3) is 2.90. The molecule has 1 rings (SSSR count). The van der Waals surface area contributed by atoms with Gasteiger partial charge in [0.2, 0.25) is 0 Å². The van der Waals surface area contributed by atoms with Gasteiger partial charge < -0.3 is 5.32 Å². The van der Waals surface area contributed by atoms with E-state index < -0.39 is 0 Å². The minimum Gasteiger partial charge on any atom is -0.313 e. The van der Waals surface area contributed by atoms with Crippen LogP contribution in [0.2, 0.25) is 0 Å². The Kier molecular flexibility index (Phi) is 4.18. The molecule has 0 aliphatic carbocycles. The standard InChI is InChI=1S/C7H15N2S/c1-2-3-9-7-6-8-4-5-10-7/h8-9H,2-6H2,1H3. The molecule has 0 amide bonds. The van der Waals surface area contributed by atoms with Crippen LogP contribution in [-0.4, -0.2) is 25.4 Å². The Balaban J connectivity index is 2.02. The zero-order valence-electron chi connectivity index (χ0n) is 6.44. The molecule has 0 unspecified atom stereocenters. The highest BCUT2D eigenvalue weighted by Gasteiger charge is 2.12. The van der Waals surface area contributed by atoms with Gasteiger partial charge in [0.05, 0.1) is 0 Å². The first-order valence-electron chi connectivity index (χ1n) is 3.86. The average molecular weight is 159 g/mol. The molecule has 1 aliphatic heterocycles. The molecular formula is C7H15N2S. The van der Waals surface area contributed by atoms with E-state index in [1.165, 1.54) is 17.5 Å². The fourth-order valence-electron chi connectivity index (χ4n) is 0.877. The van der Waals surface area contributed by atoms with Crippen molar-refractivity contribution in [2.24, 2.45) is 0 Å². The fraction of sp³-hybridized carbons (Fsp3) is 0.857. The molecule has 1 radical (unpaired) electrons. The van der Waals surface area contributed by atoms with Gasteiger partial charge in [-0.05, 0) is 13.0 Å². The number of hydrogen-bond acceptors (Lipinski definition) is 3. The second-order valence-corrected chi connectivity index (χ2v) is 3.56. The monoisotopic (exact) mass is 159 g/mol. The molecule has 0 saturated carbocycles. The Bertz CT molecular complexity index is 81.7. The fourth-order valence-corrected chi connectivity index (χ4v) is 1.78. The summed E-state index contributed by atoms with van der Waals surface area (Å²) in [5, 5.41) is 8.12. The molecule has 2 nitrogen and oxygen atoms in total. The van der Waals surface area contributed by atoms with Gasteiger partial charge in [-0.25, -0.2) is 0 Å². The summed E-state index contributed by atoms with van der Waals surface area (Å²) in [6.45, 7) is 5.51. The lowest BCUT2D eigenvalue weighted by atomic mass is 10.4. The van der Waals surface area contributed by atoms with Crippen molar-refractivity contribution < 1.29 is 0 Å². The molecule has 0 aromatic rings. The summed E-state index contributed by atoms with van der Waals surface area (Å²) >= 11 is 1.95. The first-order chi connectivity index (χ1) is 4.93. The normalized spacial score (nSPS) is 21.3. The highest BCUT2D eigenvalue weighted by Crippen LogP contribution is 2.17. The Hall–Kier alpha value is 0.270. The van der Waals surface area contributed by atoms with Gasteiger partial charge in [-0.15, -0.1) is 11.8 Å². The van der Waals surface area contributed by atoms with Gasteiger partial charge in [0, 0.05) is 18.8 Å².